The van der Waals surface area contributed by atoms with E-state index in [0.717, 1.165) is 5.56 Å². The van der Waals surface area contributed by atoms with Crippen molar-refractivity contribution in [3.05, 3.63) is 57.8 Å². The first-order valence-electron chi connectivity index (χ1n) is 5.83. The average molecular weight is 274 g/mol. The summed E-state index contributed by atoms with van der Waals surface area (Å²) in [6, 6.07) is 10.8. The highest BCUT2D eigenvalue weighted by Gasteiger charge is 2.10. The summed E-state index contributed by atoms with van der Waals surface area (Å²) in [4.78, 5) is 23.7. The minimum atomic E-state index is -0.487. The van der Waals surface area contributed by atoms with Crippen LogP contribution in [0.25, 0.3) is 0 Å². The summed E-state index contributed by atoms with van der Waals surface area (Å²) >= 11 is 1.30. The maximum Gasteiger partial charge on any atom is 0.322 e. The number of imide groups is 1. The average Bonchev–Trinajstić information content (AvgIpc) is 2.92. The summed E-state index contributed by atoms with van der Waals surface area (Å²) in [5.74, 6) is -0.378. The van der Waals surface area contributed by atoms with Crippen LogP contribution >= 0.6 is 11.3 Å². The van der Waals surface area contributed by atoms with Gasteiger partial charge in [-0.25, -0.2) is 4.79 Å². The number of thiophene rings is 1. The molecule has 0 aliphatic carbocycles. The molecule has 2 N–H and O–H groups in total. The predicted octanol–water partition coefficient (Wildman–Crippen LogP) is 2.70. The third-order valence-corrected chi connectivity index (χ3v) is 3.41. The molecule has 2 aromatic rings. The van der Waals surface area contributed by atoms with Crippen molar-refractivity contribution in [2.24, 2.45) is 0 Å². The van der Waals surface area contributed by atoms with Gasteiger partial charge in [0.05, 0.1) is 4.88 Å². The topological polar surface area (TPSA) is 58.2 Å². The third kappa shape index (κ3) is 3.93. The number of aryl methyl sites for hydroxylation is 1. The summed E-state index contributed by atoms with van der Waals surface area (Å²) < 4.78 is 0. The molecule has 3 amide bonds. The van der Waals surface area contributed by atoms with Crippen LogP contribution in [0.3, 0.4) is 0 Å². The van der Waals surface area contributed by atoms with Gasteiger partial charge in [0.15, 0.2) is 0 Å². The molecule has 0 fully saturated rings. The van der Waals surface area contributed by atoms with Crippen LogP contribution in [0, 0.1) is 6.92 Å². The Hall–Kier alpha value is -2.14. The maximum absolute atomic E-state index is 11.6. The van der Waals surface area contributed by atoms with Crippen molar-refractivity contribution in [1.82, 2.24) is 10.6 Å². The van der Waals surface area contributed by atoms with Crippen LogP contribution in [0.4, 0.5) is 4.79 Å². The van der Waals surface area contributed by atoms with Gasteiger partial charge in [0, 0.05) is 6.54 Å². The van der Waals surface area contributed by atoms with Crippen molar-refractivity contribution < 1.29 is 9.59 Å². The lowest BCUT2D eigenvalue weighted by molar-refractivity contribution is 0.0968. The molecule has 98 valence electrons. The minimum Gasteiger partial charge on any atom is -0.334 e. The lowest BCUT2D eigenvalue weighted by atomic mass is 10.1. The van der Waals surface area contributed by atoms with Crippen LogP contribution in [0.2, 0.25) is 0 Å². The highest BCUT2D eigenvalue weighted by molar-refractivity contribution is 7.12. The quantitative estimate of drug-likeness (QED) is 0.904. The molecule has 5 heteroatoms. The summed E-state index contributed by atoms with van der Waals surface area (Å²) in [6.45, 7) is 2.40. The first kappa shape index (κ1) is 13.3. The van der Waals surface area contributed by atoms with Gasteiger partial charge in [0.25, 0.3) is 5.91 Å². The second-order valence-corrected chi connectivity index (χ2v) is 5.05. The van der Waals surface area contributed by atoms with Crippen LogP contribution < -0.4 is 10.6 Å². The lowest BCUT2D eigenvalue weighted by Crippen LogP contribution is -2.38. The molecule has 0 spiro atoms. The van der Waals surface area contributed by atoms with E-state index in [0.29, 0.717) is 11.4 Å². The number of urea groups is 1. The maximum atomic E-state index is 11.6. The fourth-order valence-electron chi connectivity index (χ4n) is 1.50. The predicted molar refractivity (Wildman–Crippen MR) is 75.2 cm³/mol. The third-order valence-electron chi connectivity index (χ3n) is 2.55. The largest absolute Gasteiger partial charge is 0.334 e. The fraction of sp³-hybridized carbons (Fsp3) is 0.143. The highest BCUT2D eigenvalue weighted by atomic mass is 32.1. The van der Waals surface area contributed by atoms with E-state index in [-0.39, 0.29) is 5.91 Å². The Kier molecular flexibility index (Phi) is 4.30. The van der Waals surface area contributed by atoms with Crippen molar-refractivity contribution in [3.8, 4) is 0 Å². The number of hydrogen-bond donors (Lipinski definition) is 2. The molecular formula is C14H14N2O2S. The first-order valence-corrected chi connectivity index (χ1v) is 6.71. The summed E-state index contributed by atoms with van der Waals surface area (Å²) in [7, 11) is 0. The van der Waals surface area contributed by atoms with Gasteiger partial charge < -0.3 is 5.32 Å². The molecule has 2 rings (SSSR count). The van der Waals surface area contributed by atoms with E-state index in [1.165, 1.54) is 16.9 Å². The Morgan fingerprint density at radius 3 is 2.53 bits per heavy atom. The van der Waals surface area contributed by atoms with Gasteiger partial charge in [0.1, 0.15) is 0 Å². The van der Waals surface area contributed by atoms with Crippen molar-refractivity contribution in [2.75, 3.05) is 0 Å². The van der Waals surface area contributed by atoms with Crippen LogP contribution in [-0.4, -0.2) is 11.9 Å². The Bertz CT molecular complexity index is 562. The number of carbonyl (C=O) groups is 2. The molecule has 4 nitrogen and oxygen atoms in total. The highest BCUT2D eigenvalue weighted by Crippen LogP contribution is 2.07. The van der Waals surface area contributed by atoms with Crippen LogP contribution in [0.15, 0.2) is 41.8 Å². The number of rotatable bonds is 3. The molecule has 1 aromatic heterocycles. The van der Waals surface area contributed by atoms with Gasteiger partial charge in [-0.15, -0.1) is 11.3 Å². The van der Waals surface area contributed by atoms with E-state index in [1.807, 2.05) is 31.2 Å². The van der Waals surface area contributed by atoms with E-state index in [4.69, 9.17) is 0 Å². The van der Waals surface area contributed by atoms with E-state index < -0.39 is 6.03 Å². The smallest absolute Gasteiger partial charge is 0.322 e. The summed E-state index contributed by atoms with van der Waals surface area (Å²) in [5, 5.41) is 6.72. The van der Waals surface area contributed by atoms with Gasteiger partial charge in [-0.05, 0) is 23.9 Å². The van der Waals surface area contributed by atoms with Gasteiger partial charge >= 0.3 is 6.03 Å². The van der Waals surface area contributed by atoms with Crippen LogP contribution in [0.5, 0.6) is 0 Å². The van der Waals surface area contributed by atoms with Crippen molar-refractivity contribution in [1.29, 1.82) is 0 Å². The van der Waals surface area contributed by atoms with Gasteiger partial charge in [-0.2, -0.15) is 0 Å². The molecule has 0 aliphatic rings. The molecule has 0 saturated heterocycles. The summed E-state index contributed by atoms with van der Waals surface area (Å²) in [6.07, 6.45) is 0. The standard InChI is InChI=1S/C14H14N2O2S/c1-10-4-6-11(7-5-10)9-15-14(18)16-13(17)12-3-2-8-19-12/h2-8H,9H2,1H3,(H2,15,16,17,18). The fourth-order valence-corrected chi connectivity index (χ4v) is 2.12. The molecule has 0 aliphatic heterocycles. The number of carbonyl (C=O) groups excluding carboxylic acids is 2. The molecule has 1 aromatic carbocycles. The molecule has 0 saturated carbocycles. The normalized spacial score (nSPS) is 9.95. The molecule has 0 unspecified atom stereocenters. The molecule has 0 atom stereocenters. The first-order chi connectivity index (χ1) is 9.15. The SMILES string of the molecule is Cc1ccc(CNC(=O)NC(=O)c2cccs2)cc1. The monoisotopic (exact) mass is 274 g/mol. The Labute approximate surface area is 115 Å². The van der Waals surface area contributed by atoms with Crippen molar-refractivity contribution >= 4 is 23.3 Å². The van der Waals surface area contributed by atoms with Gasteiger partial charge in [0.2, 0.25) is 0 Å². The van der Waals surface area contributed by atoms with E-state index in [9.17, 15) is 9.59 Å². The van der Waals surface area contributed by atoms with E-state index in [2.05, 4.69) is 10.6 Å². The van der Waals surface area contributed by atoms with Gasteiger partial charge in [-0.1, -0.05) is 35.9 Å². The lowest BCUT2D eigenvalue weighted by Gasteiger charge is -2.06. The molecule has 1 heterocycles. The zero-order valence-corrected chi connectivity index (χ0v) is 11.3. The summed E-state index contributed by atoms with van der Waals surface area (Å²) in [5.41, 5.74) is 2.16. The molecule has 19 heavy (non-hydrogen) atoms. The molecular weight excluding hydrogens is 260 g/mol. The van der Waals surface area contributed by atoms with Crippen molar-refractivity contribution in [3.63, 3.8) is 0 Å². The Morgan fingerprint density at radius 2 is 1.89 bits per heavy atom. The van der Waals surface area contributed by atoms with Crippen molar-refractivity contribution in [2.45, 2.75) is 13.5 Å². The van der Waals surface area contributed by atoms with E-state index >= 15 is 0 Å². The van der Waals surface area contributed by atoms with E-state index in [1.54, 1.807) is 17.5 Å². The Morgan fingerprint density at radius 1 is 1.16 bits per heavy atom. The molecule has 0 radical (unpaired) electrons. The minimum absolute atomic E-state index is 0.378. The number of amides is 3. The Balaban J connectivity index is 1.82. The zero-order chi connectivity index (χ0) is 13.7. The number of benzene rings is 1. The second kappa shape index (κ2) is 6.15. The zero-order valence-electron chi connectivity index (χ0n) is 10.5. The van der Waals surface area contributed by atoms with Crippen LogP contribution in [-0.2, 0) is 6.54 Å². The second-order valence-electron chi connectivity index (χ2n) is 4.10. The van der Waals surface area contributed by atoms with Gasteiger partial charge in [-0.3, -0.25) is 10.1 Å². The van der Waals surface area contributed by atoms with Crippen LogP contribution in [0.1, 0.15) is 20.8 Å². The number of nitrogens with one attached hydrogen (secondary N) is 2. The molecule has 0 bridgehead atoms. The number of hydrogen-bond acceptors (Lipinski definition) is 3.